The molecule has 0 unspecified atom stereocenters. The minimum absolute atomic E-state index is 0.0291. The zero-order valence-electron chi connectivity index (χ0n) is 18.6. The molecular weight excluding hydrogens is 488 g/mol. The number of piperidine rings is 1. The molecule has 1 aliphatic heterocycles. The van der Waals surface area contributed by atoms with Crippen molar-refractivity contribution < 1.29 is 4.79 Å². The monoisotopic (exact) mass is 510 g/mol. The average molecular weight is 511 g/mol. The number of hydrogen-bond donors (Lipinski definition) is 0. The Hall–Kier alpha value is -2.75. The fraction of sp³-hybridized carbons (Fsp3) is 0.292. The van der Waals surface area contributed by atoms with Crippen LogP contribution in [0.2, 0.25) is 5.02 Å². The van der Waals surface area contributed by atoms with Gasteiger partial charge in [0.05, 0.1) is 11.4 Å². The Morgan fingerprint density at radius 2 is 1.97 bits per heavy atom. The van der Waals surface area contributed by atoms with Crippen molar-refractivity contribution in [3.05, 3.63) is 69.9 Å². The van der Waals surface area contributed by atoms with E-state index in [1.54, 1.807) is 12.4 Å². The number of hydrogen-bond acceptors (Lipinski definition) is 7. The number of likely N-dealkylation sites (tertiary alicyclic amines) is 1. The summed E-state index contributed by atoms with van der Waals surface area (Å²) in [4.78, 5) is 23.5. The van der Waals surface area contributed by atoms with E-state index in [4.69, 9.17) is 11.6 Å². The first-order valence-electron chi connectivity index (χ1n) is 11.1. The molecule has 174 valence electrons. The highest BCUT2D eigenvalue weighted by atomic mass is 35.5. The molecule has 1 aliphatic rings. The molecule has 3 aromatic heterocycles. The van der Waals surface area contributed by atoms with E-state index in [0.29, 0.717) is 28.2 Å². The van der Waals surface area contributed by atoms with E-state index in [-0.39, 0.29) is 5.91 Å². The number of carbonyl (C=O) groups is 1. The lowest BCUT2D eigenvalue weighted by molar-refractivity contribution is 0.0692. The molecule has 5 rings (SSSR count). The summed E-state index contributed by atoms with van der Waals surface area (Å²) < 4.78 is 1.99. The number of amides is 1. The molecule has 0 radical (unpaired) electrons. The predicted molar refractivity (Wildman–Crippen MR) is 136 cm³/mol. The van der Waals surface area contributed by atoms with Crippen LogP contribution >= 0.6 is 34.7 Å². The lowest BCUT2D eigenvalue weighted by atomic mass is 9.99. The molecule has 0 spiro atoms. The topological polar surface area (TPSA) is 76.8 Å². The van der Waals surface area contributed by atoms with Crippen molar-refractivity contribution in [2.75, 3.05) is 13.1 Å². The Bertz CT molecular complexity index is 1280. The van der Waals surface area contributed by atoms with E-state index in [0.717, 1.165) is 47.3 Å². The van der Waals surface area contributed by atoms with Gasteiger partial charge in [-0.2, -0.15) is 0 Å². The van der Waals surface area contributed by atoms with Gasteiger partial charge in [0.25, 0.3) is 5.91 Å². The number of benzene rings is 1. The number of carbonyl (C=O) groups excluding carboxylic acids is 1. The molecule has 0 saturated carbocycles. The summed E-state index contributed by atoms with van der Waals surface area (Å²) in [7, 11) is 0. The van der Waals surface area contributed by atoms with Gasteiger partial charge < -0.3 is 4.90 Å². The molecule has 10 heteroatoms. The summed E-state index contributed by atoms with van der Waals surface area (Å²) in [6.45, 7) is 3.85. The van der Waals surface area contributed by atoms with Gasteiger partial charge in [0.1, 0.15) is 10.7 Å². The SMILES string of the molecule is CC1CCN(C(=O)c2csc(CSc3nnc(-c4ccncc4)n3-c3cccc(Cl)c3)n2)CC1. The van der Waals surface area contributed by atoms with Crippen LogP contribution in [0, 0.1) is 5.92 Å². The first-order chi connectivity index (χ1) is 16.6. The Morgan fingerprint density at radius 3 is 2.74 bits per heavy atom. The highest BCUT2D eigenvalue weighted by Gasteiger charge is 2.23. The maximum atomic E-state index is 12.8. The van der Waals surface area contributed by atoms with Crippen molar-refractivity contribution in [3.8, 4) is 17.1 Å². The summed E-state index contributed by atoms with van der Waals surface area (Å²) in [6, 6.07) is 11.4. The van der Waals surface area contributed by atoms with Gasteiger partial charge in [-0.25, -0.2) is 4.98 Å². The van der Waals surface area contributed by atoms with Crippen molar-refractivity contribution in [2.24, 2.45) is 5.92 Å². The van der Waals surface area contributed by atoms with Crippen LogP contribution in [0.25, 0.3) is 17.1 Å². The molecule has 4 heterocycles. The van der Waals surface area contributed by atoms with Gasteiger partial charge >= 0.3 is 0 Å². The van der Waals surface area contributed by atoms with E-state index < -0.39 is 0 Å². The van der Waals surface area contributed by atoms with E-state index in [1.807, 2.05) is 51.2 Å². The summed E-state index contributed by atoms with van der Waals surface area (Å²) in [5.74, 6) is 2.01. The maximum absolute atomic E-state index is 12.8. The molecule has 0 bridgehead atoms. The second kappa shape index (κ2) is 10.2. The normalized spacial score (nSPS) is 14.5. The third-order valence-corrected chi connectivity index (χ3v) is 8.01. The van der Waals surface area contributed by atoms with Gasteiger partial charge in [-0.1, -0.05) is 36.4 Å². The molecule has 1 aromatic carbocycles. The second-order valence-electron chi connectivity index (χ2n) is 8.25. The number of thiazole rings is 1. The number of thioether (sulfide) groups is 1. The largest absolute Gasteiger partial charge is 0.337 e. The lowest BCUT2D eigenvalue weighted by Gasteiger charge is -2.29. The highest BCUT2D eigenvalue weighted by Crippen LogP contribution is 2.31. The average Bonchev–Trinajstić information content (AvgIpc) is 3.51. The summed E-state index contributed by atoms with van der Waals surface area (Å²) in [6.07, 6.45) is 5.57. The van der Waals surface area contributed by atoms with Gasteiger partial charge in [0.2, 0.25) is 0 Å². The van der Waals surface area contributed by atoms with Crippen LogP contribution in [-0.4, -0.2) is 48.6 Å². The number of aromatic nitrogens is 5. The van der Waals surface area contributed by atoms with Crippen LogP contribution in [0.15, 0.2) is 59.3 Å². The van der Waals surface area contributed by atoms with Crippen LogP contribution in [0.1, 0.15) is 35.3 Å². The number of pyridine rings is 1. The first kappa shape index (κ1) is 23.0. The van der Waals surface area contributed by atoms with Crippen molar-refractivity contribution in [1.29, 1.82) is 0 Å². The van der Waals surface area contributed by atoms with Crippen LogP contribution < -0.4 is 0 Å². The molecule has 1 amide bonds. The standard InChI is InChI=1S/C24H23ClN6OS2/c1-16-7-11-30(12-8-16)23(32)20-14-33-21(27-20)15-34-24-29-28-22(17-5-9-26-10-6-17)31(24)19-4-2-3-18(25)13-19/h2-6,9-10,13-14,16H,7-8,11-12,15H2,1H3. The lowest BCUT2D eigenvalue weighted by Crippen LogP contribution is -2.38. The number of nitrogens with zero attached hydrogens (tertiary/aromatic N) is 6. The summed E-state index contributed by atoms with van der Waals surface area (Å²) >= 11 is 9.31. The first-order valence-corrected chi connectivity index (χ1v) is 13.3. The Kier molecular flexibility index (Phi) is 6.94. The van der Waals surface area contributed by atoms with E-state index in [1.165, 1.54) is 23.1 Å². The van der Waals surface area contributed by atoms with Gasteiger partial charge in [-0.15, -0.1) is 21.5 Å². The highest BCUT2D eigenvalue weighted by molar-refractivity contribution is 7.98. The van der Waals surface area contributed by atoms with E-state index in [9.17, 15) is 4.79 Å². The second-order valence-corrected chi connectivity index (χ2v) is 10.6. The zero-order chi connectivity index (χ0) is 23.5. The summed E-state index contributed by atoms with van der Waals surface area (Å²) in [5.41, 5.74) is 2.32. The minimum atomic E-state index is 0.0291. The number of rotatable bonds is 6. The van der Waals surface area contributed by atoms with Gasteiger partial charge in [0, 0.05) is 41.4 Å². The molecule has 0 N–H and O–H groups in total. The third kappa shape index (κ3) is 5.01. The van der Waals surface area contributed by atoms with Gasteiger partial charge in [-0.3, -0.25) is 14.3 Å². The molecule has 34 heavy (non-hydrogen) atoms. The van der Waals surface area contributed by atoms with Crippen LogP contribution in [0.4, 0.5) is 0 Å². The Balaban J connectivity index is 1.36. The minimum Gasteiger partial charge on any atom is -0.337 e. The van der Waals surface area contributed by atoms with E-state index in [2.05, 4.69) is 27.1 Å². The van der Waals surface area contributed by atoms with E-state index >= 15 is 0 Å². The Morgan fingerprint density at radius 1 is 1.18 bits per heavy atom. The van der Waals surface area contributed by atoms with Crippen molar-refractivity contribution in [1.82, 2.24) is 29.6 Å². The van der Waals surface area contributed by atoms with Crippen LogP contribution in [0.3, 0.4) is 0 Å². The molecule has 4 aromatic rings. The Labute approximate surface area is 211 Å². The summed E-state index contributed by atoms with van der Waals surface area (Å²) in [5, 5.41) is 13.0. The third-order valence-electron chi connectivity index (χ3n) is 5.80. The van der Waals surface area contributed by atoms with Gasteiger partial charge in [-0.05, 0) is 49.1 Å². The molecule has 1 saturated heterocycles. The predicted octanol–water partition coefficient (Wildman–Crippen LogP) is 5.60. The fourth-order valence-electron chi connectivity index (χ4n) is 3.87. The van der Waals surface area contributed by atoms with Crippen molar-refractivity contribution in [3.63, 3.8) is 0 Å². The van der Waals surface area contributed by atoms with Crippen molar-refractivity contribution in [2.45, 2.75) is 30.7 Å². The molecule has 0 aliphatic carbocycles. The zero-order valence-corrected chi connectivity index (χ0v) is 21.0. The van der Waals surface area contributed by atoms with Crippen LogP contribution in [-0.2, 0) is 5.75 Å². The maximum Gasteiger partial charge on any atom is 0.273 e. The van der Waals surface area contributed by atoms with Crippen LogP contribution in [0.5, 0.6) is 0 Å². The molecule has 0 atom stereocenters. The van der Waals surface area contributed by atoms with Gasteiger partial charge in [0.15, 0.2) is 11.0 Å². The number of halogens is 1. The fourth-order valence-corrected chi connectivity index (χ4v) is 5.80. The molecule has 1 fully saturated rings. The quantitative estimate of drug-likeness (QED) is 0.314. The smallest absolute Gasteiger partial charge is 0.273 e. The molecular formula is C24H23ClN6OS2. The molecule has 7 nitrogen and oxygen atoms in total. The van der Waals surface area contributed by atoms with Crippen molar-refractivity contribution >= 4 is 40.6 Å².